The Morgan fingerprint density at radius 2 is 1.94 bits per heavy atom. The van der Waals surface area contributed by atoms with E-state index < -0.39 is 23.3 Å². The van der Waals surface area contributed by atoms with Crippen molar-refractivity contribution in [1.29, 1.82) is 0 Å². The number of hydrogen-bond donors (Lipinski definition) is 0. The van der Waals surface area contributed by atoms with Crippen molar-refractivity contribution in [1.82, 2.24) is 9.97 Å². The quantitative estimate of drug-likeness (QED) is 0.283. The zero-order chi connectivity index (χ0) is 25.4. The van der Waals surface area contributed by atoms with Crippen LogP contribution < -0.4 is 15.3 Å². The number of hydrogen-bond acceptors (Lipinski definition) is 7. The largest absolute Gasteiger partial charge is 0.493 e. The maximum Gasteiger partial charge on any atom is 0.418 e. The molecule has 0 fully saturated rings. The molecule has 3 heterocycles. The average molecular weight is 511 g/mol. The Bertz CT molecular complexity index is 1650. The summed E-state index contributed by atoms with van der Waals surface area (Å²) in [5.74, 6) is -0.452. The summed E-state index contributed by atoms with van der Waals surface area (Å²) in [4.78, 5) is 35.9. The molecule has 0 aliphatic rings. The molecule has 5 aromatic rings. The first-order chi connectivity index (χ1) is 17.3. The summed E-state index contributed by atoms with van der Waals surface area (Å²) in [6.45, 7) is -0.0799. The number of alkyl halides is 3. The molecule has 0 spiro atoms. The first kappa shape index (κ1) is 23.5. The third-order valence-electron chi connectivity index (χ3n) is 5.43. The predicted octanol–water partition coefficient (Wildman–Crippen LogP) is 5.67. The Balaban J connectivity index is 1.66. The van der Waals surface area contributed by atoms with Crippen molar-refractivity contribution in [3.63, 3.8) is 0 Å². The number of carbonyl (C=O) groups excluding carboxylic acids is 1. The second-order valence-corrected chi connectivity index (χ2v) is 8.73. The second-order valence-electron chi connectivity index (χ2n) is 7.73. The number of rotatable bonds is 5. The number of para-hydroxylation sites is 2. The number of amides is 1. The number of nitrogens with zero attached hydrogens (tertiary/aromatic N) is 3. The van der Waals surface area contributed by atoms with Crippen LogP contribution in [0.3, 0.4) is 0 Å². The summed E-state index contributed by atoms with van der Waals surface area (Å²) in [7, 11) is 1.42. The van der Waals surface area contributed by atoms with Crippen molar-refractivity contribution in [3.8, 4) is 5.75 Å². The van der Waals surface area contributed by atoms with E-state index in [4.69, 9.17) is 9.15 Å². The number of aromatic nitrogens is 2. The first-order valence-electron chi connectivity index (χ1n) is 10.5. The number of halogens is 3. The van der Waals surface area contributed by atoms with Gasteiger partial charge in [-0.25, -0.2) is 9.78 Å². The van der Waals surface area contributed by atoms with Crippen molar-refractivity contribution in [3.05, 3.63) is 94.1 Å². The Labute approximate surface area is 205 Å². The summed E-state index contributed by atoms with van der Waals surface area (Å²) in [5.41, 5.74) is -1.62. The zero-order valence-electron chi connectivity index (χ0n) is 18.6. The van der Waals surface area contributed by atoms with Gasteiger partial charge >= 0.3 is 11.8 Å². The van der Waals surface area contributed by atoms with E-state index in [0.717, 1.165) is 22.3 Å². The third-order valence-corrected chi connectivity index (χ3v) is 6.47. The summed E-state index contributed by atoms with van der Waals surface area (Å²) in [6.07, 6.45) is -1.56. The van der Waals surface area contributed by atoms with E-state index in [1.54, 1.807) is 36.5 Å². The van der Waals surface area contributed by atoms with Crippen LogP contribution in [0.2, 0.25) is 0 Å². The SMILES string of the molecule is COc1cccc2cc(C(=O)N(Cc3cccnc3)c3nc4c(C(F)(F)F)cccc4s3)c(=O)oc12. The van der Waals surface area contributed by atoms with Crippen molar-refractivity contribution in [2.24, 2.45) is 0 Å². The van der Waals surface area contributed by atoms with Crippen LogP contribution in [0, 0.1) is 0 Å². The van der Waals surface area contributed by atoms with E-state index in [9.17, 15) is 22.8 Å². The zero-order valence-corrected chi connectivity index (χ0v) is 19.4. The molecule has 0 atom stereocenters. The molecule has 5 rings (SSSR count). The molecule has 36 heavy (non-hydrogen) atoms. The van der Waals surface area contributed by atoms with Crippen LogP contribution in [0.5, 0.6) is 5.75 Å². The topological polar surface area (TPSA) is 85.5 Å². The number of pyridine rings is 1. The molecule has 182 valence electrons. The Morgan fingerprint density at radius 3 is 2.67 bits per heavy atom. The highest BCUT2D eigenvalue weighted by Gasteiger charge is 2.34. The first-order valence-corrected chi connectivity index (χ1v) is 11.4. The van der Waals surface area contributed by atoms with Gasteiger partial charge < -0.3 is 9.15 Å². The maximum atomic E-state index is 13.7. The van der Waals surface area contributed by atoms with Crippen LogP contribution in [-0.2, 0) is 12.7 Å². The lowest BCUT2D eigenvalue weighted by molar-refractivity contribution is -0.136. The monoisotopic (exact) mass is 511 g/mol. The van der Waals surface area contributed by atoms with Gasteiger partial charge in [-0.2, -0.15) is 13.2 Å². The minimum absolute atomic E-state index is 0.000641. The number of anilines is 1. The molecule has 0 aliphatic heterocycles. The van der Waals surface area contributed by atoms with Gasteiger partial charge in [0.15, 0.2) is 16.5 Å². The van der Waals surface area contributed by atoms with Crippen molar-refractivity contribution in [2.45, 2.75) is 12.7 Å². The lowest BCUT2D eigenvalue weighted by Gasteiger charge is -2.19. The van der Waals surface area contributed by atoms with Crippen LogP contribution in [0.25, 0.3) is 21.2 Å². The van der Waals surface area contributed by atoms with E-state index in [1.165, 1.54) is 31.5 Å². The summed E-state index contributed by atoms with van der Waals surface area (Å²) >= 11 is 0.914. The minimum Gasteiger partial charge on any atom is -0.493 e. The van der Waals surface area contributed by atoms with Gasteiger partial charge in [0.2, 0.25) is 0 Å². The van der Waals surface area contributed by atoms with Crippen molar-refractivity contribution >= 4 is 43.6 Å². The predicted molar refractivity (Wildman–Crippen MR) is 128 cm³/mol. The number of thiazole rings is 1. The standard InChI is InChI=1S/C25H16F3N3O4S/c1-34-18-8-2-6-15-11-16(23(33)35-21(15)18)22(32)31(13-14-5-4-10-29-12-14)24-30-20-17(25(26,27)28)7-3-9-19(20)36-24/h2-12H,13H2,1H3. The molecule has 0 bridgehead atoms. The number of fused-ring (bicyclic) bond motifs is 2. The number of methoxy groups -OCH3 is 1. The van der Waals surface area contributed by atoms with Crippen LogP contribution in [0.15, 0.2) is 76.2 Å². The molecule has 11 heteroatoms. The van der Waals surface area contributed by atoms with Gasteiger partial charge in [-0.1, -0.05) is 35.6 Å². The fourth-order valence-electron chi connectivity index (χ4n) is 3.75. The molecule has 0 N–H and O–H groups in total. The third kappa shape index (κ3) is 4.29. The summed E-state index contributed by atoms with van der Waals surface area (Å²) in [6, 6.07) is 13.4. The molecule has 0 aliphatic carbocycles. The van der Waals surface area contributed by atoms with Crippen LogP contribution in [0.4, 0.5) is 18.3 Å². The molecule has 7 nitrogen and oxygen atoms in total. The highest BCUT2D eigenvalue weighted by molar-refractivity contribution is 7.22. The van der Waals surface area contributed by atoms with Crippen molar-refractivity contribution < 1.29 is 27.1 Å². The number of ether oxygens (including phenoxy) is 1. The van der Waals surface area contributed by atoms with Crippen LogP contribution in [0.1, 0.15) is 21.5 Å². The lowest BCUT2D eigenvalue weighted by atomic mass is 10.1. The van der Waals surface area contributed by atoms with Crippen LogP contribution in [-0.4, -0.2) is 23.0 Å². The average Bonchev–Trinajstić information content (AvgIpc) is 3.30. The van der Waals surface area contributed by atoms with Gasteiger partial charge in [0.25, 0.3) is 5.91 Å². The molecule has 0 saturated heterocycles. The molecule has 0 radical (unpaired) electrons. The van der Waals surface area contributed by atoms with E-state index in [1.807, 2.05) is 0 Å². The van der Waals surface area contributed by atoms with E-state index in [0.29, 0.717) is 16.7 Å². The Hall–Kier alpha value is -4.25. The molecule has 3 aromatic heterocycles. The van der Waals surface area contributed by atoms with Gasteiger partial charge in [-0.05, 0) is 35.9 Å². The highest BCUT2D eigenvalue weighted by atomic mass is 32.1. The molecular weight excluding hydrogens is 495 g/mol. The van der Waals surface area contributed by atoms with Gasteiger partial charge in [0, 0.05) is 17.8 Å². The number of benzene rings is 2. The Kier molecular flexibility index (Phi) is 5.92. The van der Waals surface area contributed by atoms with Gasteiger partial charge in [0.1, 0.15) is 5.56 Å². The van der Waals surface area contributed by atoms with E-state index in [2.05, 4.69) is 9.97 Å². The van der Waals surface area contributed by atoms with Crippen molar-refractivity contribution in [2.75, 3.05) is 12.0 Å². The summed E-state index contributed by atoms with van der Waals surface area (Å²) < 4.78 is 51.6. The van der Waals surface area contributed by atoms with E-state index >= 15 is 0 Å². The van der Waals surface area contributed by atoms with Crippen LogP contribution >= 0.6 is 11.3 Å². The van der Waals surface area contributed by atoms with Gasteiger partial charge in [0.05, 0.1) is 29.4 Å². The van der Waals surface area contributed by atoms with E-state index in [-0.39, 0.29) is 33.0 Å². The summed E-state index contributed by atoms with van der Waals surface area (Å²) in [5, 5.41) is 0.447. The minimum atomic E-state index is -4.62. The normalized spacial score (nSPS) is 11.7. The molecule has 0 saturated carbocycles. The Morgan fingerprint density at radius 1 is 1.14 bits per heavy atom. The second kappa shape index (κ2) is 9.08. The maximum absolute atomic E-state index is 13.7. The molecule has 1 amide bonds. The van der Waals surface area contributed by atoms with Gasteiger partial charge in [-0.15, -0.1) is 0 Å². The fraction of sp³-hybridized carbons (Fsp3) is 0.120. The molecule has 2 aromatic carbocycles. The molecule has 0 unspecified atom stereocenters. The molecular formula is C25H16F3N3O4S. The smallest absolute Gasteiger partial charge is 0.418 e. The van der Waals surface area contributed by atoms with Gasteiger partial charge in [-0.3, -0.25) is 14.7 Å². The fourth-order valence-corrected chi connectivity index (χ4v) is 4.74. The highest BCUT2D eigenvalue weighted by Crippen LogP contribution is 2.39. The number of carbonyl (C=O) groups is 1. The lowest BCUT2D eigenvalue weighted by Crippen LogP contribution is -2.33.